The van der Waals surface area contributed by atoms with Gasteiger partial charge >= 0.3 is 0 Å². The summed E-state index contributed by atoms with van der Waals surface area (Å²) in [5.74, 6) is -0.128. The molecule has 0 aliphatic rings. The van der Waals surface area contributed by atoms with Crippen molar-refractivity contribution in [3.63, 3.8) is 0 Å². The van der Waals surface area contributed by atoms with Crippen LogP contribution in [-0.4, -0.2) is 19.1 Å². The molecule has 0 saturated carbocycles. The van der Waals surface area contributed by atoms with Gasteiger partial charge in [0.15, 0.2) is 0 Å². The maximum atomic E-state index is 10.8. The fourth-order valence-electron chi connectivity index (χ4n) is 1.38. The van der Waals surface area contributed by atoms with Crippen molar-refractivity contribution in [3.05, 3.63) is 47.5 Å². The van der Waals surface area contributed by atoms with Crippen LogP contribution in [0.2, 0.25) is 5.02 Å². The molecular weight excluding hydrogens is 250 g/mol. The molecule has 0 aliphatic carbocycles. The Hall–Kier alpha value is -1.32. The number of hydrogen-bond acceptors (Lipinski definition) is 2. The highest BCUT2D eigenvalue weighted by Gasteiger charge is 1.95. The highest BCUT2D eigenvalue weighted by atomic mass is 35.5. The van der Waals surface area contributed by atoms with E-state index in [1.54, 1.807) is 0 Å². The molecule has 0 aromatic heterocycles. The van der Waals surface area contributed by atoms with E-state index >= 15 is 0 Å². The Morgan fingerprint density at radius 2 is 2.06 bits per heavy atom. The van der Waals surface area contributed by atoms with Gasteiger partial charge in [0.2, 0.25) is 5.91 Å². The van der Waals surface area contributed by atoms with Gasteiger partial charge in [-0.3, -0.25) is 4.79 Å². The molecule has 4 heteroatoms. The molecular formula is C14H18ClNO2. The van der Waals surface area contributed by atoms with Crippen LogP contribution in [-0.2, 0) is 16.1 Å². The van der Waals surface area contributed by atoms with Crippen molar-refractivity contribution in [1.82, 2.24) is 5.32 Å². The van der Waals surface area contributed by atoms with Crippen LogP contribution in [0.5, 0.6) is 0 Å². The summed E-state index contributed by atoms with van der Waals surface area (Å²) in [6, 6.07) is 7.61. The number of carbonyl (C=O) groups excluding carboxylic acids is 1. The number of halogens is 1. The number of unbranched alkanes of at least 4 members (excludes halogenated alkanes) is 1. The zero-order valence-corrected chi connectivity index (χ0v) is 11.1. The van der Waals surface area contributed by atoms with Gasteiger partial charge in [-0.25, -0.2) is 0 Å². The molecule has 0 spiro atoms. The largest absolute Gasteiger partial charge is 0.377 e. The van der Waals surface area contributed by atoms with Gasteiger partial charge in [-0.15, -0.1) is 0 Å². The predicted molar refractivity (Wildman–Crippen MR) is 73.5 cm³/mol. The summed E-state index contributed by atoms with van der Waals surface area (Å²) in [5, 5.41) is 3.45. The van der Waals surface area contributed by atoms with Crippen LogP contribution in [0, 0.1) is 0 Å². The fraction of sp³-hybridized carbons (Fsp3) is 0.357. The predicted octanol–water partition coefficient (Wildman–Crippen LogP) is 2.94. The van der Waals surface area contributed by atoms with Gasteiger partial charge in [-0.05, 0) is 36.6 Å². The number of ether oxygens (including phenoxy) is 1. The molecule has 0 atom stereocenters. The van der Waals surface area contributed by atoms with E-state index in [2.05, 4.69) is 11.9 Å². The second-order valence-corrected chi connectivity index (χ2v) is 4.32. The van der Waals surface area contributed by atoms with E-state index < -0.39 is 0 Å². The maximum Gasteiger partial charge on any atom is 0.243 e. The Balaban J connectivity index is 2.00. The molecule has 0 unspecified atom stereocenters. The number of carbonyl (C=O) groups is 1. The van der Waals surface area contributed by atoms with Gasteiger partial charge in [0.1, 0.15) is 0 Å². The van der Waals surface area contributed by atoms with Gasteiger partial charge < -0.3 is 10.1 Å². The van der Waals surface area contributed by atoms with E-state index in [9.17, 15) is 4.79 Å². The van der Waals surface area contributed by atoms with Crippen molar-refractivity contribution in [2.24, 2.45) is 0 Å². The molecule has 1 aromatic rings. The maximum absolute atomic E-state index is 10.8. The first kappa shape index (κ1) is 14.7. The number of benzene rings is 1. The van der Waals surface area contributed by atoms with Gasteiger partial charge in [-0.2, -0.15) is 0 Å². The molecule has 98 valence electrons. The van der Waals surface area contributed by atoms with E-state index in [-0.39, 0.29) is 5.91 Å². The topological polar surface area (TPSA) is 38.3 Å². The summed E-state index contributed by atoms with van der Waals surface area (Å²) in [5.41, 5.74) is 1.11. The Morgan fingerprint density at radius 1 is 1.33 bits per heavy atom. The molecule has 0 saturated heterocycles. The van der Waals surface area contributed by atoms with Crippen LogP contribution < -0.4 is 5.32 Å². The van der Waals surface area contributed by atoms with Crippen molar-refractivity contribution in [3.8, 4) is 0 Å². The van der Waals surface area contributed by atoms with Crippen molar-refractivity contribution < 1.29 is 9.53 Å². The van der Waals surface area contributed by atoms with Crippen LogP contribution in [0.25, 0.3) is 0 Å². The molecule has 0 fully saturated rings. The van der Waals surface area contributed by atoms with Crippen LogP contribution in [0.3, 0.4) is 0 Å². The minimum atomic E-state index is -0.128. The molecule has 0 bridgehead atoms. The van der Waals surface area contributed by atoms with Crippen LogP contribution in [0.1, 0.15) is 18.4 Å². The minimum Gasteiger partial charge on any atom is -0.377 e. The number of amides is 1. The Kier molecular flexibility index (Phi) is 7.14. The second kappa shape index (κ2) is 8.72. The quantitative estimate of drug-likeness (QED) is 0.581. The molecule has 0 aliphatic heterocycles. The summed E-state index contributed by atoms with van der Waals surface area (Å²) < 4.78 is 5.52. The molecule has 1 amide bonds. The van der Waals surface area contributed by atoms with Crippen molar-refractivity contribution in [2.45, 2.75) is 19.4 Å². The lowest BCUT2D eigenvalue weighted by molar-refractivity contribution is -0.116. The van der Waals surface area contributed by atoms with Crippen molar-refractivity contribution >= 4 is 17.5 Å². The Morgan fingerprint density at radius 3 is 2.72 bits per heavy atom. The summed E-state index contributed by atoms with van der Waals surface area (Å²) in [6.07, 6.45) is 3.10. The Bertz CT molecular complexity index is 376. The van der Waals surface area contributed by atoms with Gasteiger partial charge in [0, 0.05) is 18.2 Å². The fourth-order valence-corrected chi connectivity index (χ4v) is 1.51. The van der Waals surface area contributed by atoms with Gasteiger partial charge in [0.05, 0.1) is 6.61 Å². The van der Waals surface area contributed by atoms with Crippen LogP contribution in [0.4, 0.5) is 0 Å². The lowest BCUT2D eigenvalue weighted by Crippen LogP contribution is -2.22. The number of rotatable bonds is 8. The molecule has 1 rings (SSSR count). The third kappa shape index (κ3) is 6.42. The summed E-state index contributed by atoms with van der Waals surface area (Å²) in [6.45, 7) is 5.32. The lowest BCUT2D eigenvalue weighted by atomic mass is 10.2. The first-order chi connectivity index (χ1) is 8.72. The number of hydrogen-bond donors (Lipinski definition) is 1. The first-order valence-corrected chi connectivity index (χ1v) is 6.32. The third-order valence-electron chi connectivity index (χ3n) is 2.38. The second-order valence-electron chi connectivity index (χ2n) is 3.88. The highest BCUT2D eigenvalue weighted by molar-refractivity contribution is 6.30. The third-order valence-corrected chi connectivity index (χ3v) is 2.63. The lowest BCUT2D eigenvalue weighted by Gasteiger charge is -2.05. The smallest absolute Gasteiger partial charge is 0.243 e. The van der Waals surface area contributed by atoms with Crippen LogP contribution in [0.15, 0.2) is 36.9 Å². The Labute approximate surface area is 113 Å². The van der Waals surface area contributed by atoms with E-state index in [0.717, 1.165) is 23.4 Å². The number of nitrogens with one attached hydrogen (secondary N) is 1. The van der Waals surface area contributed by atoms with E-state index in [1.165, 1.54) is 6.08 Å². The van der Waals surface area contributed by atoms with E-state index in [1.807, 2.05) is 24.3 Å². The standard InChI is InChI=1S/C14H18ClNO2/c1-2-14(17)16-9-3-4-10-18-11-12-5-7-13(15)8-6-12/h2,5-8H,1,3-4,9-11H2,(H,16,17). The highest BCUT2D eigenvalue weighted by Crippen LogP contribution is 2.10. The molecule has 1 aromatic carbocycles. The average molecular weight is 268 g/mol. The summed E-state index contributed by atoms with van der Waals surface area (Å²) >= 11 is 5.79. The average Bonchev–Trinajstić information content (AvgIpc) is 2.39. The normalized spacial score (nSPS) is 10.1. The SMILES string of the molecule is C=CC(=O)NCCCCOCc1ccc(Cl)cc1. The van der Waals surface area contributed by atoms with Crippen molar-refractivity contribution in [1.29, 1.82) is 0 Å². The minimum absolute atomic E-state index is 0.128. The van der Waals surface area contributed by atoms with Crippen molar-refractivity contribution in [2.75, 3.05) is 13.2 Å². The van der Waals surface area contributed by atoms with E-state index in [0.29, 0.717) is 19.8 Å². The summed E-state index contributed by atoms with van der Waals surface area (Å²) in [4.78, 5) is 10.8. The molecule has 1 N–H and O–H groups in total. The van der Waals surface area contributed by atoms with Gasteiger partial charge in [0.25, 0.3) is 0 Å². The monoisotopic (exact) mass is 267 g/mol. The van der Waals surface area contributed by atoms with Crippen LogP contribution >= 0.6 is 11.6 Å². The van der Waals surface area contributed by atoms with E-state index in [4.69, 9.17) is 16.3 Å². The summed E-state index contributed by atoms with van der Waals surface area (Å²) in [7, 11) is 0. The molecule has 3 nitrogen and oxygen atoms in total. The molecule has 18 heavy (non-hydrogen) atoms. The zero-order chi connectivity index (χ0) is 13.2. The van der Waals surface area contributed by atoms with Gasteiger partial charge in [-0.1, -0.05) is 30.3 Å². The molecule has 0 heterocycles. The first-order valence-electron chi connectivity index (χ1n) is 5.95. The zero-order valence-electron chi connectivity index (χ0n) is 10.3. The molecule has 0 radical (unpaired) electrons.